The molecule has 2 heterocycles. The Labute approximate surface area is 155 Å². The Bertz CT molecular complexity index is 699. The normalized spacial score (nSPS) is 38.3. The molecule has 1 saturated heterocycles. The summed E-state index contributed by atoms with van der Waals surface area (Å²) in [6, 6.07) is -1.05. The maximum absolute atomic E-state index is 11.6. The van der Waals surface area contributed by atoms with Gasteiger partial charge in [-0.05, 0) is 19.1 Å². The summed E-state index contributed by atoms with van der Waals surface area (Å²) in [5.74, 6) is -0.657. The van der Waals surface area contributed by atoms with E-state index < -0.39 is 55.2 Å². The molecule has 1 aliphatic carbocycles. The predicted molar refractivity (Wildman–Crippen MR) is 90.8 cm³/mol. The molecule has 27 heavy (non-hydrogen) atoms. The molecule has 2 aliphatic heterocycles. The van der Waals surface area contributed by atoms with Crippen molar-refractivity contribution in [2.75, 3.05) is 6.61 Å². The lowest BCUT2D eigenvalue weighted by Gasteiger charge is -2.42. The summed E-state index contributed by atoms with van der Waals surface area (Å²) in [5, 5.41) is 32.2. The average Bonchev–Trinajstić information content (AvgIpc) is 2.60. The second kappa shape index (κ2) is 7.81. The number of carbonyl (C=O) groups excluding carboxylic acids is 2. The van der Waals surface area contributed by atoms with Crippen molar-refractivity contribution < 1.29 is 39.1 Å². The van der Waals surface area contributed by atoms with E-state index in [9.17, 15) is 24.9 Å². The van der Waals surface area contributed by atoms with Crippen LogP contribution in [0.15, 0.2) is 35.6 Å². The van der Waals surface area contributed by atoms with Crippen LogP contribution in [0.4, 0.5) is 0 Å². The molecule has 0 spiro atoms. The molecular weight excluding hydrogens is 358 g/mol. The molecule has 0 aromatic carbocycles. The summed E-state index contributed by atoms with van der Waals surface area (Å²) in [5.41, 5.74) is 0.867. The lowest BCUT2D eigenvalue weighted by Crippen LogP contribution is -2.64. The number of nitrogens with one attached hydrogen (secondary N) is 1. The van der Waals surface area contributed by atoms with E-state index in [-0.39, 0.29) is 5.92 Å². The molecule has 7 atom stereocenters. The molecule has 1 amide bonds. The topological polar surface area (TPSA) is 135 Å². The summed E-state index contributed by atoms with van der Waals surface area (Å²) >= 11 is 0. The third kappa shape index (κ3) is 4.06. The van der Waals surface area contributed by atoms with Crippen LogP contribution in [-0.4, -0.2) is 70.6 Å². The van der Waals surface area contributed by atoms with Gasteiger partial charge in [0.2, 0.25) is 12.2 Å². The Kier molecular flexibility index (Phi) is 5.66. The Morgan fingerprint density at radius 3 is 2.74 bits per heavy atom. The fourth-order valence-corrected chi connectivity index (χ4v) is 3.38. The van der Waals surface area contributed by atoms with Gasteiger partial charge >= 0.3 is 5.97 Å². The van der Waals surface area contributed by atoms with Gasteiger partial charge in [0.05, 0.1) is 6.61 Å². The van der Waals surface area contributed by atoms with Crippen LogP contribution < -0.4 is 5.32 Å². The number of hydrogen-bond donors (Lipinski definition) is 4. The van der Waals surface area contributed by atoms with Gasteiger partial charge in [-0.2, -0.15) is 0 Å². The van der Waals surface area contributed by atoms with Crippen LogP contribution in [0.2, 0.25) is 0 Å². The van der Waals surface area contributed by atoms with E-state index in [1.165, 1.54) is 13.0 Å². The quantitative estimate of drug-likeness (QED) is 0.450. The van der Waals surface area contributed by atoms with Crippen molar-refractivity contribution in [3.63, 3.8) is 0 Å². The highest BCUT2D eigenvalue weighted by atomic mass is 16.7. The zero-order chi connectivity index (χ0) is 19.7. The highest BCUT2D eigenvalue weighted by Gasteiger charge is 2.46. The first-order valence-electron chi connectivity index (χ1n) is 8.65. The molecule has 9 heteroatoms. The Balaban J connectivity index is 1.78. The number of fused-ring (bicyclic) bond motifs is 1. The molecule has 9 nitrogen and oxygen atoms in total. The minimum Gasteiger partial charge on any atom is -0.463 e. The van der Waals surface area contributed by atoms with Crippen LogP contribution in [0.1, 0.15) is 13.8 Å². The van der Waals surface area contributed by atoms with Gasteiger partial charge in [0, 0.05) is 18.9 Å². The molecule has 4 N–H and O–H groups in total. The monoisotopic (exact) mass is 381 g/mol. The van der Waals surface area contributed by atoms with E-state index in [0.717, 1.165) is 5.57 Å². The van der Waals surface area contributed by atoms with Crippen molar-refractivity contribution in [2.24, 2.45) is 5.92 Å². The number of hydrogen-bond acceptors (Lipinski definition) is 8. The van der Waals surface area contributed by atoms with Gasteiger partial charge in [-0.1, -0.05) is 11.6 Å². The van der Waals surface area contributed by atoms with Crippen molar-refractivity contribution in [3.05, 3.63) is 35.6 Å². The molecule has 3 aliphatic rings. The summed E-state index contributed by atoms with van der Waals surface area (Å²) in [6.07, 6.45) is 0.990. The predicted octanol–water partition coefficient (Wildman–Crippen LogP) is -1.11. The molecule has 3 rings (SSSR count). The van der Waals surface area contributed by atoms with E-state index in [2.05, 4.69) is 5.32 Å². The third-order valence-electron chi connectivity index (χ3n) is 4.78. The van der Waals surface area contributed by atoms with Gasteiger partial charge in [0.1, 0.15) is 36.2 Å². The zero-order valence-electron chi connectivity index (χ0n) is 14.9. The van der Waals surface area contributed by atoms with Crippen LogP contribution >= 0.6 is 0 Å². The van der Waals surface area contributed by atoms with E-state index in [0.29, 0.717) is 5.76 Å². The smallest absolute Gasteiger partial charge is 0.331 e. The van der Waals surface area contributed by atoms with Crippen LogP contribution in [0, 0.1) is 5.92 Å². The van der Waals surface area contributed by atoms with Gasteiger partial charge in [0.25, 0.3) is 0 Å². The Morgan fingerprint density at radius 2 is 2.07 bits per heavy atom. The third-order valence-corrected chi connectivity index (χ3v) is 4.78. The van der Waals surface area contributed by atoms with E-state index >= 15 is 0 Å². The highest BCUT2D eigenvalue weighted by Crippen LogP contribution is 2.32. The highest BCUT2D eigenvalue weighted by molar-refractivity contribution is 5.84. The summed E-state index contributed by atoms with van der Waals surface area (Å²) in [6.45, 7) is 2.56. The number of aliphatic hydroxyl groups excluding tert-OH is 3. The number of carbonyl (C=O) groups is 2. The standard InChI is InChI=1S/C18H23NO8/c1-8-5-14(22)26-12-6-10(3-4-11(8)12)25-18-15(19-9(2)21)17(24)16(23)13(7-20)27-18/h3-6,11-13,15-18,20,23-24H,7H2,1-2H3,(H,19,21)/t11-,12-,13+,15-,16+,17+,18+/m0/s1. The van der Waals surface area contributed by atoms with Crippen molar-refractivity contribution in [1.29, 1.82) is 0 Å². The number of amides is 1. The number of rotatable bonds is 4. The first kappa shape index (κ1) is 19.6. The van der Waals surface area contributed by atoms with Crippen LogP contribution in [0.25, 0.3) is 0 Å². The Hall–Kier alpha value is -2.20. The van der Waals surface area contributed by atoms with Gasteiger partial charge in [0.15, 0.2) is 0 Å². The summed E-state index contributed by atoms with van der Waals surface area (Å²) < 4.78 is 16.6. The van der Waals surface area contributed by atoms with Crippen molar-refractivity contribution in [2.45, 2.75) is 50.6 Å². The van der Waals surface area contributed by atoms with E-state index in [1.54, 1.807) is 12.2 Å². The molecule has 0 aromatic rings. The zero-order valence-corrected chi connectivity index (χ0v) is 14.9. The number of ether oxygens (including phenoxy) is 3. The summed E-state index contributed by atoms with van der Waals surface area (Å²) in [7, 11) is 0. The average molecular weight is 381 g/mol. The SMILES string of the molecule is CC(=O)N[C@@H]1[C@H](OC2=C[C@@H]3OC(=O)C=C(C)[C@@H]3C=C2)O[C@H](CO)[C@@H](O)[C@@H]1O. The molecule has 1 fully saturated rings. The maximum Gasteiger partial charge on any atom is 0.331 e. The first-order valence-corrected chi connectivity index (χ1v) is 8.65. The van der Waals surface area contributed by atoms with Crippen LogP contribution in [0.3, 0.4) is 0 Å². The maximum atomic E-state index is 11.6. The molecule has 0 bridgehead atoms. The lowest BCUT2D eigenvalue weighted by atomic mass is 9.88. The van der Waals surface area contributed by atoms with Gasteiger partial charge in [-0.15, -0.1) is 0 Å². The van der Waals surface area contributed by atoms with Crippen LogP contribution in [0.5, 0.6) is 0 Å². The van der Waals surface area contributed by atoms with Crippen molar-refractivity contribution in [3.8, 4) is 0 Å². The lowest BCUT2D eigenvalue weighted by molar-refractivity contribution is -0.258. The second-order valence-electron chi connectivity index (χ2n) is 6.79. The number of allylic oxidation sites excluding steroid dienone is 1. The summed E-state index contributed by atoms with van der Waals surface area (Å²) in [4.78, 5) is 23.1. The Morgan fingerprint density at radius 1 is 1.33 bits per heavy atom. The molecule has 148 valence electrons. The van der Waals surface area contributed by atoms with Gasteiger partial charge in [-0.25, -0.2) is 4.79 Å². The van der Waals surface area contributed by atoms with E-state index in [4.69, 9.17) is 14.2 Å². The van der Waals surface area contributed by atoms with Crippen molar-refractivity contribution in [1.82, 2.24) is 5.32 Å². The molecule has 0 unspecified atom stereocenters. The van der Waals surface area contributed by atoms with Crippen molar-refractivity contribution >= 4 is 11.9 Å². The molecule has 0 radical (unpaired) electrons. The first-order chi connectivity index (χ1) is 12.8. The second-order valence-corrected chi connectivity index (χ2v) is 6.79. The van der Waals surface area contributed by atoms with Gasteiger partial charge in [-0.3, -0.25) is 4.79 Å². The largest absolute Gasteiger partial charge is 0.463 e. The number of aliphatic hydroxyl groups is 3. The fourth-order valence-electron chi connectivity index (χ4n) is 3.38. The minimum absolute atomic E-state index is 0.0916. The molecule has 0 saturated carbocycles. The van der Waals surface area contributed by atoms with Crippen LogP contribution in [-0.2, 0) is 23.8 Å². The van der Waals surface area contributed by atoms with E-state index in [1.807, 2.05) is 13.0 Å². The molecular formula is C18H23NO8. The van der Waals surface area contributed by atoms with Gasteiger partial charge < -0.3 is 34.8 Å². The number of esters is 1. The molecule has 0 aromatic heterocycles. The fraction of sp³-hybridized carbons (Fsp3) is 0.556. The minimum atomic E-state index is -1.40.